The molecule has 1 aromatic carbocycles. The van der Waals surface area contributed by atoms with E-state index in [-0.39, 0.29) is 11.9 Å². The Balaban J connectivity index is 2.18. The molecule has 0 aliphatic heterocycles. The van der Waals surface area contributed by atoms with Crippen LogP contribution in [0.2, 0.25) is 5.02 Å². The molecule has 17 heavy (non-hydrogen) atoms. The fourth-order valence-electron chi connectivity index (χ4n) is 1.56. The van der Waals surface area contributed by atoms with Gasteiger partial charge in [-0.2, -0.15) is 0 Å². The molecule has 88 valence electrons. The highest BCUT2D eigenvalue weighted by molar-refractivity contribution is 6.30. The highest BCUT2D eigenvalue weighted by Crippen LogP contribution is 2.19. The lowest BCUT2D eigenvalue weighted by atomic mass is 10.0. The summed E-state index contributed by atoms with van der Waals surface area (Å²) < 4.78 is 13.5. The Kier molecular flexibility index (Phi) is 3.66. The second-order valence-electron chi connectivity index (χ2n) is 3.68. The number of nitrogens with two attached hydrogens (primary N) is 1. The van der Waals surface area contributed by atoms with Crippen LogP contribution >= 0.6 is 11.6 Å². The summed E-state index contributed by atoms with van der Waals surface area (Å²) in [5.74, 6) is -0.307. The first-order chi connectivity index (χ1) is 8.16. The first kappa shape index (κ1) is 12.0. The van der Waals surface area contributed by atoms with Crippen molar-refractivity contribution in [3.63, 3.8) is 0 Å². The van der Waals surface area contributed by atoms with Crippen LogP contribution in [0.15, 0.2) is 36.8 Å². The third kappa shape index (κ3) is 2.99. The van der Waals surface area contributed by atoms with Crippen LogP contribution in [0.25, 0.3) is 0 Å². The quantitative estimate of drug-likeness (QED) is 0.912. The van der Waals surface area contributed by atoms with E-state index in [1.807, 2.05) is 0 Å². The van der Waals surface area contributed by atoms with Crippen LogP contribution in [0.3, 0.4) is 0 Å². The minimum Gasteiger partial charge on any atom is -0.322 e. The summed E-state index contributed by atoms with van der Waals surface area (Å²) in [6.45, 7) is 0. The van der Waals surface area contributed by atoms with Gasteiger partial charge in [0.05, 0.1) is 11.7 Å². The zero-order valence-corrected chi connectivity index (χ0v) is 9.73. The maximum Gasteiger partial charge on any atom is 0.126 e. The Morgan fingerprint density at radius 3 is 2.88 bits per heavy atom. The van der Waals surface area contributed by atoms with Crippen LogP contribution in [-0.2, 0) is 6.42 Å². The van der Waals surface area contributed by atoms with Crippen LogP contribution in [0.5, 0.6) is 0 Å². The van der Waals surface area contributed by atoms with Gasteiger partial charge in [-0.05, 0) is 36.2 Å². The van der Waals surface area contributed by atoms with E-state index in [0.29, 0.717) is 22.7 Å². The third-order valence-electron chi connectivity index (χ3n) is 2.43. The van der Waals surface area contributed by atoms with Crippen LogP contribution < -0.4 is 5.73 Å². The summed E-state index contributed by atoms with van der Waals surface area (Å²) >= 11 is 5.81. The van der Waals surface area contributed by atoms with Crippen LogP contribution in [0.4, 0.5) is 4.39 Å². The Morgan fingerprint density at radius 1 is 1.35 bits per heavy atom. The van der Waals surface area contributed by atoms with E-state index in [9.17, 15) is 4.39 Å². The van der Waals surface area contributed by atoms with Crippen molar-refractivity contribution in [1.82, 2.24) is 9.97 Å². The van der Waals surface area contributed by atoms with E-state index in [4.69, 9.17) is 17.3 Å². The van der Waals surface area contributed by atoms with Crippen molar-refractivity contribution < 1.29 is 4.39 Å². The SMILES string of the molecule is NC(Cc1cc(Cl)ccc1F)c1ccncn1. The van der Waals surface area contributed by atoms with Crippen molar-refractivity contribution in [2.24, 2.45) is 5.73 Å². The molecule has 2 N–H and O–H groups in total. The Labute approximate surface area is 103 Å². The molecule has 0 aliphatic carbocycles. The van der Waals surface area contributed by atoms with Crippen molar-refractivity contribution in [2.45, 2.75) is 12.5 Å². The number of aromatic nitrogens is 2. The van der Waals surface area contributed by atoms with Crippen molar-refractivity contribution >= 4 is 11.6 Å². The summed E-state index contributed by atoms with van der Waals surface area (Å²) in [7, 11) is 0. The lowest BCUT2D eigenvalue weighted by molar-refractivity contribution is 0.589. The highest BCUT2D eigenvalue weighted by atomic mass is 35.5. The Morgan fingerprint density at radius 2 is 2.18 bits per heavy atom. The normalized spacial score (nSPS) is 12.4. The summed E-state index contributed by atoms with van der Waals surface area (Å²) in [5.41, 5.74) is 7.12. The van der Waals surface area contributed by atoms with Gasteiger partial charge in [0.1, 0.15) is 12.1 Å². The number of rotatable bonds is 3. The maximum atomic E-state index is 13.5. The summed E-state index contributed by atoms with van der Waals surface area (Å²) in [5, 5.41) is 0.497. The van der Waals surface area contributed by atoms with E-state index in [1.54, 1.807) is 18.3 Å². The fraction of sp³-hybridized carbons (Fsp3) is 0.167. The molecule has 5 heteroatoms. The van der Waals surface area contributed by atoms with E-state index < -0.39 is 0 Å². The molecule has 1 unspecified atom stereocenters. The van der Waals surface area contributed by atoms with Crippen molar-refractivity contribution in [1.29, 1.82) is 0 Å². The monoisotopic (exact) mass is 251 g/mol. The van der Waals surface area contributed by atoms with Crippen LogP contribution in [-0.4, -0.2) is 9.97 Å². The second kappa shape index (κ2) is 5.21. The van der Waals surface area contributed by atoms with Gasteiger partial charge < -0.3 is 5.73 Å². The largest absolute Gasteiger partial charge is 0.322 e. The van der Waals surface area contributed by atoms with E-state index >= 15 is 0 Å². The summed E-state index contributed by atoms with van der Waals surface area (Å²) in [4.78, 5) is 7.84. The lowest BCUT2D eigenvalue weighted by Gasteiger charge is -2.11. The van der Waals surface area contributed by atoms with Gasteiger partial charge in [0, 0.05) is 11.2 Å². The molecular formula is C12H11ClFN3. The zero-order valence-electron chi connectivity index (χ0n) is 8.98. The number of hydrogen-bond acceptors (Lipinski definition) is 3. The summed E-state index contributed by atoms with van der Waals surface area (Å²) in [6, 6.07) is 5.78. The molecule has 1 aromatic heterocycles. The van der Waals surface area contributed by atoms with Gasteiger partial charge in [-0.15, -0.1) is 0 Å². The molecule has 1 atom stereocenters. The Hall–Kier alpha value is -1.52. The van der Waals surface area contributed by atoms with E-state index in [2.05, 4.69) is 9.97 Å². The number of hydrogen-bond donors (Lipinski definition) is 1. The number of nitrogens with zero attached hydrogens (tertiary/aromatic N) is 2. The molecule has 2 aromatic rings. The van der Waals surface area contributed by atoms with Gasteiger partial charge in [-0.1, -0.05) is 11.6 Å². The molecular weight excluding hydrogens is 241 g/mol. The lowest BCUT2D eigenvalue weighted by Crippen LogP contribution is -2.15. The molecule has 0 saturated heterocycles. The van der Waals surface area contributed by atoms with Crippen molar-refractivity contribution in [3.05, 3.63) is 58.9 Å². The standard InChI is InChI=1S/C12H11ClFN3/c13-9-1-2-10(14)8(5-9)6-11(15)12-3-4-16-7-17-12/h1-5,7,11H,6,15H2. The second-order valence-corrected chi connectivity index (χ2v) is 4.12. The van der Waals surface area contributed by atoms with E-state index in [1.165, 1.54) is 18.5 Å². The molecule has 0 bridgehead atoms. The third-order valence-corrected chi connectivity index (χ3v) is 2.67. The van der Waals surface area contributed by atoms with Crippen molar-refractivity contribution in [3.8, 4) is 0 Å². The number of benzene rings is 1. The van der Waals surface area contributed by atoms with Gasteiger partial charge in [-0.25, -0.2) is 14.4 Å². The zero-order chi connectivity index (χ0) is 12.3. The number of halogens is 2. The highest BCUT2D eigenvalue weighted by Gasteiger charge is 2.11. The van der Waals surface area contributed by atoms with Gasteiger partial charge >= 0.3 is 0 Å². The predicted molar refractivity (Wildman–Crippen MR) is 64.1 cm³/mol. The molecule has 0 spiro atoms. The Bertz CT molecular complexity index is 504. The summed E-state index contributed by atoms with van der Waals surface area (Å²) in [6.07, 6.45) is 3.38. The van der Waals surface area contributed by atoms with Gasteiger partial charge in [0.2, 0.25) is 0 Å². The first-order valence-electron chi connectivity index (χ1n) is 5.12. The topological polar surface area (TPSA) is 51.8 Å². The molecule has 0 saturated carbocycles. The predicted octanol–water partition coefficient (Wildman–Crippen LogP) is 2.51. The van der Waals surface area contributed by atoms with Gasteiger partial charge in [0.15, 0.2) is 0 Å². The van der Waals surface area contributed by atoms with Gasteiger partial charge in [-0.3, -0.25) is 0 Å². The minimum atomic E-state index is -0.369. The molecule has 0 amide bonds. The van der Waals surface area contributed by atoms with Crippen LogP contribution in [0, 0.1) is 5.82 Å². The average Bonchev–Trinajstić information content (AvgIpc) is 2.35. The smallest absolute Gasteiger partial charge is 0.126 e. The van der Waals surface area contributed by atoms with Crippen molar-refractivity contribution in [2.75, 3.05) is 0 Å². The average molecular weight is 252 g/mol. The molecule has 0 aliphatic rings. The van der Waals surface area contributed by atoms with Crippen LogP contribution in [0.1, 0.15) is 17.3 Å². The molecule has 0 fully saturated rings. The van der Waals surface area contributed by atoms with E-state index in [0.717, 1.165) is 0 Å². The molecule has 3 nitrogen and oxygen atoms in total. The fourth-order valence-corrected chi connectivity index (χ4v) is 1.76. The van der Waals surface area contributed by atoms with Gasteiger partial charge in [0.25, 0.3) is 0 Å². The molecule has 2 rings (SSSR count). The first-order valence-corrected chi connectivity index (χ1v) is 5.50. The minimum absolute atomic E-state index is 0.307. The maximum absolute atomic E-state index is 13.5. The molecule has 0 radical (unpaired) electrons. The molecule has 1 heterocycles.